The van der Waals surface area contributed by atoms with Gasteiger partial charge >= 0.3 is 5.97 Å². The molecule has 0 bridgehead atoms. The maximum absolute atomic E-state index is 14.3. The van der Waals surface area contributed by atoms with Crippen LogP contribution in [0.5, 0.6) is 5.75 Å². The van der Waals surface area contributed by atoms with E-state index in [1.807, 2.05) is 13.0 Å². The molecule has 1 aliphatic rings. The molecular weight excluding hydrogens is 498 g/mol. The number of nitrogens with zero attached hydrogens (tertiary/aromatic N) is 1. The number of ether oxygens (including phenoxy) is 2. The molecule has 0 aromatic heterocycles. The Balaban J connectivity index is 1.98. The topological polar surface area (TPSA) is 72.9 Å². The molecule has 3 aromatic carbocycles. The maximum atomic E-state index is 14.3. The van der Waals surface area contributed by atoms with Crippen molar-refractivity contribution < 1.29 is 22.7 Å². The number of methoxy groups -OCH3 is 1. The van der Waals surface area contributed by atoms with E-state index in [2.05, 4.69) is 0 Å². The van der Waals surface area contributed by atoms with Crippen molar-refractivity contribution in [3.8, 4) is 5.75 Å². The molecule has 0 saturated heterocycles. The average Bonchev–Trinajstić information content (AvgIpc) is 2.88. The van der Waals surface area contributed by atoms with Crippen LogP contribution in [0, 0.1) is 6.92 Å². The Morgan fingerprint density at radius 1 is 1.03 bits per heavy atom. The molecular formula is C28H28ClNO5S. The number of hydrogen-bond donors (Lipinski definition) is 0. The first-order valence-electron chi connectivity index (χ1n) is 11.6. The molecule has 3 aromatic rings. The van der Waals surface area contributed by atoms with Gasteiger partial charge in [-0.05, 0) is 67.8 Å². The number of benzene rings is 3. The number of halogens is 1. The number of aryl methyl sites for hydroxylation is 1. The zero-order valence-electron chi connectivity index (χ0n) is 20.3. The highest BCUT2D eigenvalue weighted by molar-refractivity contribution is 7.89. The number of sulfonamides is 1. The number of hydrogen-bond acceptors (Lipinski definition) is 5. The summed E-state index contributed by atoms with van der Waals surface area (Å²) in [6, 6.07) is 19.4. The van der Waals surface area contributed by atoms with E-state index in [4.69, 9.17) is 21.1 Å². The van der Waals surface area contributed by atoms with Gasteiger partial charge in [0.05, 0.1) is 36.3 Å². The van der Waals surface area contributed by atoms with Crippen LogP contribution in [0.4, 0.5) is 0 Å². The van der Waals surface area contributed by atoms with Crippen molar-refractivity contribution in [2.24, 2.45) is 0 Å². The van der Waals surface area contributed by atoms with E-state index in [9.17, 15) is 13.2 Å². The van der Waals surface area contributed by atoms with E-state index >= 15 is 0 Å². The van der Waals surface area contributed by atoms with Crippen LogP contribution in [0.1, 0.15) is 42.1 Å². The number of esters is 1. The summed E-state index contributed by atoms with van der Waals surface area (Å²) < 4.78 is 40.8. The van der Waals surface area contributed by atoms with E-state index in [0.29, 0.717) is 16.3 Å². The minimum Gasteiger partial charge on any atom is -0.497 e. The summed E-state index contributed by atoms with van der Waals surface area (Å²) >= 11 is 6.30. The molecule has 0 N–H and O–H groups in total. The predicted molar refractivity (Wildman–Crippen MR) is 139 cm³/mol. The molecule has 8 heteroatoms. The van der Waals surface area contributed by atoms with Gasteiger partial charge in [0.1, 0.15) is 5.75 Å². The van der Waals surface area contributed by atoms with E-state index in [1.54, 1.807) is 79.7 Å². The zero-order chi connectivity index (χ0) is 25.9. The predicted octanol–water partition coefficient (Wildman–Crippen LogP) is 6.02. The molecule has 36 heavy (non-hydrogen) atoms. The molecule has 0 unspecified atom stereocenters. The smallest absolute Gasteiger partial charge is 0.335 e. The lowest BCUT2D eigenvalue weighted by molar-refractivity contribution is -0.139. The Hall–Kier alpha value is -3.13. The van der Waals surface area contributed by atoms with Gasteiger partial charge in [-0.2, -0.15) is 4.31 Å². The van der Waals surface area contributed by atoms with Crippen LogP contribution >= 0.6 is 11.6 Å². The van der Waals surface area contributed by atoms with Gasteiger partial charge in [-0.25, -0.2) is 13.2 Å². The zero-order valence-corrected chi connectivity index (χ0v) is 21.9. The van der Waals surface area contributed by atoms with Gasteiger partial charge in [0, 0.05) is 5.02 Å². The summed E-state index contributed by atoms with van der Waals surface area (Å²) in [5.41, 5.74) is 2.52. The van der Waals surface area contributed by atoms with Crippen molar-refractivity contribution in [2.75, 3.05) is 13.7 Å². The van der Waals surface area contributed by atoms with Crippen LogP contribution in [0.2, 0.25) is 5.02 Å². The standard InChI is InChI=1S/C28H28ClNO5S/c1-4-35-28(31)25-15-16-26(20-7-5-9-22(29)17-20)30(27(25)21-8-6-10-23(18-21)34-3)36(32,33)24-13-11-19(2)12-14-24/h5-15,17-18,26-27H,4,16H2,1-3H3/t26-,27-/m0/s1. The van der Waals surface area contributed by atoms with Gasteiger partial charge in [0.25, 0.3) is 0 Å². The number of rotatable bonds is 7. The first kappa shape index (κ1) is 25.9. The Labute approximate surface area is 217 Å². The first-order chi connectivity index (χ1) is 17.3. The molecule has 2 atom stereocenters. The minimum absolute atomic E-state index is 0.137. The highest BCUT2D eigenvalue weighted by Crippen LogP contribution is 2.46. The molecule has 1 aliphatic heterocycles. The van der Waals surface area contributed by atoms with Gasteiger partial charge in [0.15, 0.2) is 0 Å². The normalized spacial score (nSPS) is 18.4. The van der Waals surface area contributed by atoms with Crippen LogP contribution in [0.25, 0.3) is 0 Å². The van der Waals surface area contributed by atoms with Crippen LogP contribution in [0.15, 0.2) is 89.3 Å². The van der Waals surface area contributed by atoms with Gasteiger partial charge in [0.2, 0.25) is 10.0 Å². The lowest BCUT2D eigenvalue weighted by atomic mass is 9.89. The Kier molecular flexibility index (Phi) is 7.83. The fourth-order valence-electron chi connectivity index (χ4n) is 4.45. The third kappa shape index (κ3) is 5.19. The molecule has 188 valence electrons. The fourth-order valence-corrected chi connectivity index (χ4v) is 6.43. The summed E-state index contributed by atoms with van der Waals surface area (Å²) in [5, 5.41) is 0.498. The Morgan fingerprint density at radius 3 is 2.39 bits per heavy atom. The van der Waals surface area contributed by atoms with Gasteiger partial charge in [-0.1, -0.05) is 59.6 Å². The lowest BCUT2D eigenvalue weighted by Crippen LogP contribution is -2.42. The number of carbonyl (C=O) groups is 1. The van der Waals surface area contributed by atoms with Crippen LogP contribution in [-0.2, 0) is 19.6 Å². The van der Waals surface area contributed by atoms with E-state index in [1.165, 1.54) is 11.4 Å². The van der Waals surface area contributed by atoms with Gasteiger partial charge in [-0.15, -0.1) is 0 Å². The summed E-state index contributed by atoms with van der Waals surface area (Å²) in [5.74, 6) is -0.00718. The quantitative estimate of drug-likeness (QED) is 0.352. The van der Waals surface area contributed by atoms with Crippen LogP contribution in [-0.4, -0.2) is 32.4 Å². The molecule has 0 radical (unpaired) electrons. The van der Waals surface area contributed by atoms with Crippen molar-refractivity contribution in [2.45, 2.75) is 37.2 Å². The van der Waals surface area contributed by atoms with Crippen molar-refractivity contribution in [1.29, 1.82) is 0 Å². The highest BCUT2D eigenvalue weighted by atomic mass is 35.5. The molecule has 0 saturated carbocycles. The first-order valence-corrected chi connectivity index (χ1v) is 13.4. The molecule has 0 spiro atoms. The van der Waals surface area contributed by atoms with E-state index < -0.39 is 28.1 Å². The molecule has 4 rings (SSSR count). The maximum Gasteiger partial charge on any atom is 0.335 e. The third-order valence-corrected chi connectivity index (χ3v) is 8.29. The largest absolute Gasteiger partial charge is 0.497 e. The van der Waals surface area contributed by atoms with E-state index in [-0.39, 0.29) is 23.5 Å². The van der Waals surface area contributed by atoms with Crippen molar-refractivity contribution in [1.82, 2.24) is 4.31 Å². The second-order valence-corrected chi connectivity index (χ2v) is 10.8. The monoisotopic (exact) mass is 525 g/mol. The van der Waals surface area contributed by atoms with Crippen LogP contribution in [0.3, 0.4) is 0 Å². The Bertz CT molecular complexity index is 1390. The molecule has 0 aliphatic carbocycles. The average molecular weight is 526 g/mol. The second-order valence-electron chi connectivity index (χ2n) is 8.51. The van der Waals surface area contributed by atoms with E-state index in [0.717, 1.165) is 11.1 Å². The number of carbonyl (C=O) groups excluding carboxylic acids is 1. The van der Waals surface area contributed by atoms with Gasteiger partial charge < -0.3 is 9.47 Å². The SMILES string of the molecule is CCOC(=O)C1=CC[C@@H](c2cccc(Cl)c2)N(S(=O)(=O)c2ccc(C)cc2)[C@H]1c1cccc(OC)c1. The molecule has 1 heterocycles. The minimum atomic E-state index is -4.09. The van der Waals surface area contributed by atoms with Crippen molar-refractivity contribution >= 4 is 27.6 Å². The summed E-state index contributed by atoms with van der Waals surface area (Å²) in [6.07, 6.45) is 2.05. The lowest BCUT2D eigenvalue weighted by Gasteiger charge is -2.41. The summed E-state index contributed by atoms with van der Waals surface area (Å²) in [7, 11) is -2.55. The summed E-state index contributed by atoms with van der Waals surface area (Å²) in [4.78, 5) is 13.3. The van der Waals surface area contributed by atoms with Crippen molar-refractivity contribution in [3.05, 3.63) is 106 Å². The van der Waals surface area contributed by atoms with Crippen molar-refractivity contribution in [3.63, 3.8) is 0 Å². The molecule has 0 fully saturated rings. The second kappa shape index (κ2) is 10.9. The highest BCUT2D eigenvalue weighted by Gasteiger charge is 2.45. The molecule has 0 amide bonds. The van der Waals surface area contributed by atoms with Crippen LogP contribution < -0.4 is 4.74 Å². The summed E-state index contributed by atoms with van der Waals surface area (Å²) in [6.45, 7) is 3.79. The fraction of sp³-hybridized carbons (Fsp3) is 0.250. The molecule has 6 nitrogen and oxygen atoms in total. The third-order valence-electron chi connectivity index (χ3n) is 6.17. The Morgan fingerprint density at radius 2 is 1.72 bits per heavy atom. The van der Waals surface area contributed by atoms with Gasteiger partial charge in [-0.3, -0.25) is 0 Å².